The van der Waals surface area contributed by atoms with E-state index >= 15 is 0 Å². The molecule has 0 aliphatic carbocycles. The van der Waals surface area contributed by atoms with Crippen LogP contribution in [0, 0.1) is 6.92 Å². The molecule has 1 N–H and O–H groups in total. The summed E-state index contributed by atoms with van der Waals surface area (Å²) in [4.78, 5) is 11.5. The van der Waals surface area contributed by atoms with Crippen LogP contribution in [0.2, 0.25) is 0 Å². The zero-order valence-corrected chi connectivity index (χ0v) is 8.43. The molecule has 0 aromatic heterocycles. The van der Waals surface area contributed by atoms with E-state index in [0.717, 1.165) is 5.56 Å². The summed E-state index contributed by atoms with van der Waals surface area (Å²) >= 11 is 0. The van der Waals surface area contributed by atoms with Crippen molar-refractivity contribution in [3.63, 3.8) is 0 Å². The van der Waals surface area contributed by atoms with Crippen LogP contribution in [0.5, 0.6) is 0 Å². The maximum absolute atomic E-state index is 12.4. The number of ketones is 1. The first-order valence-corrected chi connectivity index (χ1v) is 4.52. The minimum Gasteiger partial charge on any atom is -0.313 e. The highest BCUT2D eigenvalue weighted by molar-refractivity contribution is 5.99. The molecule has 0 unspecified atom stereocenters. The number of halogens is 1. The van der Waals surface area contributed by atoms with Crippen molar-refractivity contribution in [2.45, 2.75) is 13.6 Å². The molecule has 1 rings (SSSR count). The molecular formula is C11H14FNO. The third kappa shape index (κ3) is 2.39. The van der Waals surface area contributed by atoms with E-state index in [1.165, 1.54) is 0 Å². The number of Topliss-reactive ketones (excluding diaryl/α,β-unsaturated/α-hetero) is 1. The summed E-state index contributed by atoms with van der Waals surface area (Å²) in [5.74, 6) is 0.000278. The van der Waals surface area contributed by atoms with Crippen molar-refractivity contribution in [1.82, 2.24) is 5.32 Å². The van der Waals surface area contributed by atoms with Crippen LogP contribution in [0.15, 0.2) is 18.2 Å². The van der Waals surface area contributed by atoms with Gasteiger partial charge >= 0.3 is 0 Å². The summed E-state index contributed by atoms with van der Waals surface area (Å²) in [7, 11) is 1.71. The molecule has 1 aromatic carbocycles. The number of nitrogens with one attached hydrogen (secondary N) is 1. The maximum atomic E-state index is 12.4. The first-order valence-electron chi connectivity index (χ1n) is 4.52. The lowest BCUT2D eigenvalue weighted by Crippen LogP contribution is -2.19. The van der Waals surface area contributed by atoms with Gasteiger partial charge in [0.25, 0.3) is 0 Å². The van der Waals surface area contributed by atoms with E-state index < -0.39 is 6.67 Å². The normalized spacial score (nSPS) is 10.2. The lowest BCUT2D eigenvalue weighted by molar-refractivity contribution is 0.0993. The number of hydrogen-bond acceptors (Lipinski definition) is 2. The van der Waals surface area contributed by atoms with Gasteiger partial charge in [-0.3, -0.25) is 4.79 Å². The van der Waals surface area contributed by atoms with Gasteiger partial charge in [0, 0.05) is 5.56 Å². The van der Waals surface area contributed by atoms with Gasteiger partial charge in [-0.05, 0) is 31.2 Å². The number of hydrogen-bond donors (Lipinski definition) is 1. The predicted octanol–water partition coefficient (Wildman–Crippen LogP) is 1.87. The second-order valence-electron chi connectivity index (χ2n) is 3.24. The van der Waals surface area contributed by atoms with E-state index in [4.69, 9.17) is 0 Å². The molecular weight excluding hydrogens is 181 g/mol. The van der Waals surface area contributed by atoms with Crippen LogP contribution in [0.25, 0.3) is 0 Å². The van der Waals surface area contributed by atoms with Gasteiger partial charge in [-0.15, -0.1) is 0 Å². The van der Waals surface area contributed by atoms with Crippen molar-refractivity contribution in [2.24, 2.45) is 0 Å². The Hall–Kier alpha value is -1.22. The van der Waals surface area contributed by atoms with E-state index in [-0.39, 0.29) is 12.3 Å². The smallest absolute Gasteiger partial charge is 0.176 e. The predicted molar refractivity (Wildman–Crippen MR) is 54.2 cm³/mol. The molecule has 0 amide bonds. The highest BCUT2D eigenvalue weighted by Crippen LogP contribution is 2.12. The van der Waals surface area contributed by atoms with Crippen LogP contribution < -0.4 is 5.32 Å². The van der Waals surface area contributed by atoms with Crippen molar-refractivity contribution in [3.8, 4) is 0 Å². The third-order valence-corrected chi connectivity index (χ3v) is 2.09. The Kier molecular flexibility index (Phi) is 3.77. The van der Waals surface area contributed by atoms with Gasteiger partial charge in [-0.25, -0.2) is 4.39 Å². The van der Waals surface area contributed by atoms with Gasteiger partial charge in [-0.2, -0.15) is 0 Å². The number of alkyl halides is 1. The standard InChI is InChI=1S/C11H14FNO/c1-8-3-4-9(6-12)5-10(8)11(14)7-13-2/h3-5,13H,6-7H2,1-2H3. The minimum atomic E-state index is -0.528. The number of benzene rings is 1. The van der Waals surface area contributed by atoms with Gasteiger partial charge in [0.05, 0.1) is 6.54 Å². The average molecular weight is 195 g/mol. The molecule has 76 valence electrons. The van der Waals surface area contributed by atoms with E-state index in [9.17, 15) is 9.18 Å². The van der Waals surface area contributed by atoms with Crippen LogP contribution in [0.4, 0.5) is 4.39 Å². The van der Waals surface area contributed by atoms with Crippen LogP contribution in [0.3, 0.4) is 0 Å². The van der Waals surface area contributed by atoms with Crippen molar-refractivity contribution in [3.05, 3.63) is 34.9 Å². The third-order valence-electron chi connectivity index (χ3n) is 2.09. The van der Waals surface area contributed by atoms with Crippen molar-refractivity contribution in [1.29, 1.82) is 0 Å². The van der Waals surface area contributed by atoms with Crippen molar-refractivity contribution < 1.29 is 9.18 Å². The minimum absolute atomic E-state index is 0.000278. The molecule has 0 bridgehead atoms. The van der Waals surface area contributed by atoms with Gasteiger partial charge in [0.2, 0.25) is 0 Å². The Morgan fingerprint density at radius 3 is 2.79 bits per heavy atom. The number of likely N-dealkylation sites (N-methyl/N-ethyl adjacent to an activating group) is 1. The molecule has 14 heavy (non-hydrogen) atoms. The summed E-state index contributed by atoms with van der Waals surface area (Å²) in [6.45, 7) is 1.61. The molecule has 0 saturated carbocycles. The lowest BCUT2D eigenvalue weighted by Gasteiger charge is -2.05. The second-order valence-corrected chi connectivity index (χ2v) is 3.24. The zero-order valence-electron chi connectivity index (χ0n) is 8.43. The highest BCUT2D eigenvalue weighted by Gasteiger charge is 2.08. The van der Waals surface area contributed by atoms with Crippen LogP contribution in [-0.4, -0.2) is 19.4 Å². The number of carbonyl (C=O) groups is 1. The lowest BCUT2D eigenvalue weighted by atomic mass is 10.0. The molecule has 0 aliphatic rings. The van der Waals surface area contributed by atoms with E-state index in [0.29, 0.717) is 11.1 Å². The summed E-state index contributed by atoms with van der Waals surface area (Å²) < 4.78 is 12.4. The fourth-order valence-electron chi connectivity index (χ4n) is 1.31. The maximum Gasteiger partial charge on any atom is 0.176 e. The Labute approximate surface area is 83.1 Å². The highest BCUT2D eigenvalue weighted by atomic mass is 19.1. The number of aryl methyl sites for hydroxylation is 1. The fourth-order valence-corrected chi connectivity index (χ4v) is 1.31. The average Bonchev–Trinajstić information content (AvgIpc) is 2.19. The van der Waals surface area contributed by atoms with E-state index in [1.807, 2.05) is 6.92 Å². The van der Waals surface area contributed by atoms with Gasteiger partial charge < -0.3 is 5.32 Å². The van der Waals surface area contributed by atoms with Crippen LogP contribution >= 0.6 is 0 Å². The van der Waals surface area contributed by atoms with E-state index in [1.54, 1.807) is 25.2 Å². The number of carbonyl (C=O) groups excluding carboxylic acids is 1. The summed E-state index contributed by atoms with van der Waals surface area (Å²) in [6, 6.07) is 5.10. The topological polar surface area (TPSA) is 29.1 Å². The van der Waals surface area contributed by atoms with Crippen LogP contribution in [0.1, 0.15) is 21.5 Å². The Morgan fingerprint density at radius 2 is 2.21 bits per heavy atom. The molecule has 0 radical (unpaired) electrons. The molecule has 2 nitrogen and oxygen atoms in total. The fraction of sp³-hybridized carbons (Fsp3) is 0.364. The first-order chi connectivity index (χ1) is 6.69. The van der Waals surface area contributed by atoms with E-state index in [2.05, 4.69) is 5.32 Å². The van der Waals surface area contributed by atoms with Crippen LogP contribution in [-0.2, 0) is 6.67 Å². The van der Waals surface area contributed by atoms with Gasteiger partial charge in [0.15, 0.2) is 5.78 Å². The molecule has 0 fully saturated rings. The van der Waals surface area contributed by atoms with Gasteiger partial charge in [0.1, 0.15) is 6.67 Å². The largest absolute Gasteiger partial charge is 0.313 e. The monoisotopic (exact) mass is 195 g/mol. The Bertz CT molecular complexity index is 336. The summed E-state index contributed by atoms with van der Waals surface area (Å²) in [6.07, 6.45) is 0. The molecule has 0 spiro atoms. The molecule has 0 heterocycles. The zero-order chi connectivity index (χ0) is 10.6. The van der Waals surface area contributed by atoms with Crippen molar-refractivity contribution in [2.75, 3.05) is 13.6 Å². The SMILES string of the molecule is CNCC(=O)c1cc(CF)ccc1C. The summed E-state index contributed by atoms with van der Waals surface area (Å²) in [5.41, 5.74) is 2.05. The van der Waals surface area contributed by atoms with Gasteiger partial charge in [-0.1, -0.05) is 12.1 Å². The molecule has 1 aromatic rings. The molecule has 0 aliphatic heterocycles. The number of rotatable bonds is 4. The Morgan fingerprint density at radius 1 is 1.50 bits per heavy atom. The van der Waals surface area contributed by atoms with Crippen molar-refractivity contribution >= 4 is 5.78 Å². The Balaban J connectivity index is 2.99. The second kappa shape index (κ2) is 4.86. The molecule has 0 saturated heterocycles. The first kappa shape index (κ1) is 10.9. The quantitative estimate of drug-likeness (QED) is 0.743. The summed E-state index contributed by atoms with van der Waals surface area (Å²) in [5, 5.41) is 2.79. The molecule has 3 heteroatoms. The molecule has 0 atom stereocenters.